The minimum absolute atomic E-state index is 0.0278. The van der Waals surface area contributed by atoms with Crippen LogP contribution >= 0.6 is 0 Å². The second kappa shape index (κ2) is 5.61. The van der Waals surface area contributed by atoms with Crippen molar-refractivity contribution >= 4 is 11.9 Å². The van der Waals surface area contributed by atoms with E-state index in [4.69, 9.17) is 9.47 Å². The summed E-state index contributed by atoms with van der Waals surface area (Å²) in [5.41, 5.74) is 1.53. The highest BCUT2D eigenvalue weighted by molar-refractivity contribution is 6.06. The fourth-order valence-electron chi connectivity index (χ4n) is 2.09. The average Bonchev–Trinajstić information content (AvgIpc) is 2.53. The first-order valence-corrected chi connectivity index (χ1v) is 6.51. The molecule has 0 saturated carbocycles. The van der Waals surface area contributed by atoms with Crippen molar-refractivity contribution < 1.29 is 14.3 Å². The Labute approximate surface area is 117 Å². The summed E-state index contributed by atoms with van der Waals surface area (Å²) < 4.78 is 11.1. The first-order valence-electron chi connectivity index (χ1n) is 6.51. The number of ketones is 1. The van der Waals surface area contributed by atoms with Gasteiger partial charge in [-0.3, -0.25) is 4.79 Å². The minimum atomic E-state index is -0.0278. The molecule has 0 atom stereocenters. The lowest BCUT2D eigenvalue weighted by atomic mass is 10.1. The van der Waals surface area contributed by atoms with E-state index in [-0.39, 0.29) is 5.78 Å². The Kier molecular flexibility index (Phi) is 3.50. The van der Waals surface area contributed by atoms with Gasteiger partial charge in [-0.05, 0) is 18.2 Å². The van der Waals surface area contributed by atoms with Gasteiger partial charge in [-0.25, -0.2) is 0 Å². The maximum absolute atomic E-state index is 12.0. The van der Waals surface area contributed by atoms with Crippen LogP contribution in [0.1, 0.15) is 15.9 Å². The fraction of sp³-hybridized carbons (Fsp3) is 0.118. The van der Waals surface area contributed by atoms with Crippen LogP contribution in [0.5, 0.6) is 11.5 Å². The summed E-state index contributed by atoms with van der Waals surface area (Å²) in [6, 6.07) is 14.8. The molecular formula is C17H14O3. The number of carbonyl (C=O) groups excluding carboxylic acids is 1. The highest BCUT2D eigenvalue weighted by Gasteiger charge is 2.14. The van der Waals surface area contributed by atoms with Crippen molar-refractivity contribution in [2.24, 2.45) is 0 Å². The van der Waals surface area contributed by atoms with Gasteiger partial charge in [0, 0.05) is 11.1 Å². The number of hydrogen-bond acceptors (Lipinski definition) is 3. The Morgan fingerprint density at radius 1 is 0.950 bits per heavy atom. The Hall–Kier alpha value is -2.55. The summed E-state index contributed by atoms with van der Waals surface area (Å²) >= 11 is 0. The third-order valence-corrected chi connectivity index (χ3v) is 3.07. The zero-order valence-corrected chi connectivity index (χ0v) is 10.9. The quantitative estimate of drug-likeness (QED) is 0.631. The van der Waals surface area contributed by atoms with Crippen LogP contribution in [-0.4, -0.2) is 19.0 Å². The molecule has 3 rings (SSSR count). The van der Waals surface area contributed by atoms with Crippen LogP contribution in [0.3, 0.4) is 0 Å². The van der Waals surface area contributed by atoms with E-state index in [1.54, 1.807) is 24.3 Å². The summed E-state index contributed by atoms with van der Waals surface area (Å²) in [5.74, 6) is 1.40. The van der Waals surface area contributed by atoms with Gasteiger partial charge in [-0.2, -0.15) is 0 Å². The van der Waals surface area contributed by atoms with Crippen molar-refractivity contribution in [2.75, 3.05) is 13.2 Å². The molecule has 0 aliphatic carbocycles. The first-order chi connectivity index (χ1) is 9.84. The molecule has 0 N–H and O–H groups in total. The van der Waals surface area contributed by atoms with Gasteiger partial charge in [0.15, 0.2) is 17.3 Å². The third-order valence-electron chi connectivity index (χ3n) is 3.07. The van der Waals surface area contributed by atoms with E-state index >= 15 is 0 Å². The van der Waals surface area contributed by atoms with Crippen LogP contribution in [-0.2, 0) is 0 Å². The van der Waals surface area contributed by atoms with Crippen LogP contribution in [0.2, 0.25) is 0 Å². The molecule has 3 heteroatoms. The Bertz CT molecular complexity index is 645. The van der Waals surface area contributed by atoms with Crippen molar-refractivity contribution in [1.29, 1.82) is 0 Å². The fourth-order valence-corrected chi connectivity index (χ4v) is 2.09. The summed E-state index contributed by atoms with van der Waals surface area (Å²) in [6.07, 6.45) is 3.33. The molecule has 0 spiro atoms. The van der Waals surface area contributed by atoms with E-state index < -0.39 is 0 Å². The molecule has 0 aromatic heterocycles. The SMILES string of the molecule is O=C(/C=C/c1cccc2c1OCCO2)c1ccccc1. The highest BCUT2D eigenvalue weighted by atomic mass is 16.6. The lowest BCUT2D eigenvalue weighted by molar-refractivity contribution is 0.104. The third kappa shape index (κ3) is 2.57. The molecule has 3 nitrogen and oxygen atoms in total. The average molecular weight is 266 g/mol. The van der Waals surface area contributed by atoms with Crippen LogP contribution in [0, 0.1) is 0 Å². The molecule has 1 aliphatic heterocycles. The van der Waals surface area contributed by atoms with Gasteiger partial charge in [0.2, 0.25) is 0 Å². The van der Waals surface area contributed by atoms with E-state index in [1.165, 1.54) is 0 Å². The minimum Gasteiger partial charge on any atom is -0.486 e. The number of allylic oxidation sites excluding steroid dienone is 1. The Balaban J connectivity index is 1.85. The summed E-state index contributed by atoms with van der Waals surface area (Å²) in [7, 11) is 0. The molecule has 100 valence electrons. The number of carbonyl (C=O) groups is 1. The van der Waals surface area contributed by atoms with Crippen molar-refractivity contribution in [3.05, 3.63) is 65.7 Å². The molecule has 0 saturated heterocycles. The summed E-state index contributed by atoms with van der Waals surface area (Å²) in [4.78, 5) is 12.0. The molecule has 0 radical (unpaired) electrons. The van der Waals surface area contributed by atoms with Crippen LogP contribution in [0.4, 0.5) is 0 Å². The van der Waals surface area contributed by atoms with Gasteiger partial charge in [-0.1, -0.05) is 42.5 Å². The number of ether oxygens (including phenoxy) is 2. The van der Waals surface area contributed by atoms with Crippen LogP contribution < -0.4 is 9.47 Å². The number of hydrogen-bond donors (Lipinski definition) is 0. The normalized spacial score (nSPS) is 13.4. The van der Waals surface area contributed by atoms with E-state index in [1.807, 2.05) is 36.4 Å². The predicted molar refractivity (Wildman–Crippen MR) is 77.2 cm³/mol. The number of rotatable bonds is 3. The molecule has 0 fully saturated rings. The first kappa shape index (κ1) is 12.5. The number of para-hydroxylation sites is 1. The van der Waals surface area contributed by atoms with Gasteiger partial charge in [0.1, 0.15) is 13.2 Å². The Morgan fingerprint density at radius 2 is 1.75 bits per heavy atom. The van der Waals surface area contributed by atoms with Crippen molar-refractivity contribution in [3.8, 4) is 11.5 Å². The van der Waals surface area contributed by atoms with Gasteiger partial charge in [0.25, 0.3) is 0 Å². The van der Waals surface area contributed by atoms with E-state index in [0.717, 1.165) is 11.3 Å². The Morgan fingerprint density at radius 3 is 2.60 bits per heavy atom. The van der Waals surface area contributed by atoms with Crippen molar-refractivity contribution in [1.82, 2.24) is 0 Å². The summed E-state index contributed by atoms with van der Waals surface area (Å²) in [5, 5.41) is 0. The number of fused-ring (bicyclic) bond motifs is 1. The van der Waals surface area contributed by atoms with E-state index in [2.05, 4.69) is 0 Å². The topological polar surface area (TPSA) is 35.5 Å². The standard InChI is InChI=1S/C17H14O3/c18-15(13-5-2-1-3-6-13)10-9-14-7-4-8-16-17(14)20-12-11-19-16/h1-10H,11-12H2/b10-9+. The predicted octanol–water partition coefficient (Wildman–Crippen LogP) is 3.35. The van der Waals surface area contributed by atoms with E-state index in [9.17, 15) is 4.79 Å². The summed E-state index contributed by atoms with van der Waals surface area (Å²) in [6.45, 7) is 1.09. The van der Waals surface area contributed by atoms with Gasteiger partial charge >= 0.3 is 0 Å². The largest absolute Gasteiger partial charge is 0.486 e. The lowest BCUT2D eigenvalue weighted by Crippen LogP contribution is -2.15. The molecule has 0 bridgehead atoms. The van der Waals surface area contributed by atoms with E-state index in [0.29, 0.717) is 24.5 Å². The van der Waals surface area contributed by atoms with Crippen LogP contribution in [0.15, 0.2) is 54.6 Å². The van der Waals surface area contributed by atoms with Gasteiger partial charge in [-0.15, -0.1) is 0 Å². The maximum atomic E-state index is 12.0. The second-order valence-corrected chi connectivity index (χ2v) is 4.44. The number of benzene rings is 2. The van der Waals surface area contributed by atoms with Gasteiger partial charge < -0.3 is 9.47 Å². The molecule has 0 unspecified atom stereocenters. The second-order valence-electron chi connectivity index (χ2n) is 4.44. The maximum Gasteiger partial charge on any atom is 0.185 e. The van der Waals surface area contributed by atoms with Crippen molar-refractivity contribution in [3.63, 3.8) is 0 Å². The molecular weight excluding hydrogens is 252 g/mol. The molecule has 0 amide bonds. The molecule has 2 aromatic carbocycles. The molecule has 2 aromatic rings. The zero-order valence-electron chi connectivity index (χ0n) is 10.9. The monoisotopic (exact) mass is 266 g/mol. The molecule has 1 aliphatic rings. The van der Waals surface area contributed by atoms with Gasteiger partial charge in [0.05, 0.1) is 0 Å². The zero-order chi connectivity index (χ0) is 13.8. The molecule has 1 heterocycles. The smallest absolute Gasteiger partial charge is 0.185 e. The highest BCUT2D eigenvalue weighted by Crippen LogP contribution is 2.34. The van der Waals surface area contributed by atoms with Crippen molar-refractivity contribution in [2.45, 2.75) is 0 Å². The lowest BCUT2D eigenvalue weighted by Gasteiger charge is -2.19. The van der Waals surface area contributed by atoms with Crippen LogP contribution in [0.25, 0.3) is 6.08 Å². The molecule has 20 heavy (non-hydrogen) atoms.